The van der Waals surface area contributed by atoms with Crippen LogP contribution in [0.5, 0.6) is 0 Å². The van der Waals surface area contributed by atoms with E-state index in [9.17, 15) is 0 Å². The maximum Gasteiger partial charge on any atom is 0.133 e. The maximum absolute atomic E-state index is 5.72. The van der Waals surface area contributed by atoms with Gasteiger partial charge in [0.2, 0.25) is 0 Å². The summed E-state index contributed by atoms with van der Waals surface area (Å²) in [7, 11) is 0. The standard InChI is InChI=1S/C8H20BN/c1-7(8(2)10)5-6-9(3)4/h7-8H,5-6,10H2,1-4H3. The zero-order valence-electron chi connectivity index (χ0n) is 7.72. The van der Waals surface area contributed by atoms with Gasteiger partial charge in [0, 0.05) is 6.04 Å². The second-order valence-corrected chi connectivity index (χ2v) is 3.81. The molecule has 0 saturated heterocycles. The summed E-state index contributed by atoms with van der Waals surface area (Å²) in [6.45, 7) is 9.65. The van der Waals surface area contributed by atoms with E-state index in [1.165, 1.54) is 12.7 Å². The third-order valence-corrected chi connectivity index (χ3v) is 2.10. The Kier molecular flexibility index (Phi) is 4.79. The topological polar surface area (TPSA) is 26.0 Å². The SMILES string of the molecule is CB(C)CCC(C)C(C)N. The Morgan fingerprint density at radius 3 is 2.10 bits per heavy atom. The number of hydrogen-bond acceptors (Lipinski definition) is 1. The average Bonchev–Trinajstić information content (AvgIpc) is 1.82. The summed E-state index contributed by atoms with van der Waals surface area (Å²) in [5.74, 6) is 0.683. The fourth-order valence-corrected chi connectivity index (χ4v) is 0.859. The van der Waals surface area contributed by atoms with E-state index in [2.05, 4.69) is 27.5 Å². The smallest absolute Gasteiger partial charge is 0.133 e. The van der Waals surface area contributed by atoms with E-state index in [-0.39, 0.29) is 0 Å². The molecule has 0 aliphatic heterocycles. The van der Waals surface area contributed by atoms with Crippen molar-refractivity contribution in [2.75, 3.05) is 0 Å². The van der Waals surface area contributed by atoms with Gasteiger partial charge in [0.25, 0.3) is 0 Å². The Hall–Kier alpha value is 0.0249. The molecule has 10 heavy (non-hydrogen) atoms. The summed E-state index contributed by atoms with van der Waals surface area (Å²) < 4.78 is 0. The van der Waals surface area contributed by atoms with E-state index in [0.717, 1.165) is 6.71 Å². The number of rotatable bonds is 4. The summed E-state index contributed by atoms with van der Waals surface area (Å²) >= 11 is 0. The number of hydrogen-bond donors (Lipinski definition) is 1. The molecule has 0 amide bonds. The first-order valence-corrected chi connectivity index (χ1v) is 4.29. The van der Waals surface area contributed by atoms with E-state index in [1.54, 1.807) is 0 Å². The fraction of sp³-hybridized carbons (Fsp3) is 1.00. The molecule has 1 nitrogen and oxygen atoms in total. The minimum absolute atomic E-state index is 0.360. The van der Waals surface area contributed by atoms with Crippen LogP contribution in [0.4, 0.5) is 0 Å². The van der Waals surface area contributed by atoms with Crippen LogP contribution in [0.1, 0.15) is 20.3 Å². The van der Waals surface area contributed by atoms with Crippen molar-refractivity contribution >= 4 is 6.71 Å². The summed E-state index contributed by atoms with van der Waals surface area (Å²) in [4.78, 5) is 0. The molecule has 2 N–H and O–H groups in total. The molecule has 2 atom stereocenters. The van der Waals surface area contributed by atoms with Crippen LogP contribution in [-0.2, 0) is 0 Å². The van der Waals surface area contributed by atoms with Gasteiger partial charge < -0.3 is 5.73 Å². The van der Waals surface area contributed by atoms with Crippen LogP contribution in [0, 0.1) is 5.92 Å². The van der Waals surface area contributed by atoms with Gasteiger partial charge in [-0.15, -0.1) is 0 Å². The second-order valence-electron chi connectivity index (χ2n) is 3.81. The highest BCUT2D eigenvalue weighted by atomic mass is 14.6. The van der Waals surface area contributed by atoms with E-state index < -0.39 is 0 Å². The maximum atomic E-state index is 5.72. The Bertz CT molecular complexity index is 81.3. The van der Waals surface area contributed by atoms with Gasteiger partial charge in [0.05, 0.1) is 0 Å². The van der Waals surface area contributed by atoms with Crippen LogP contribution >= 0.6 is 0 Å². The molecule has 0 aromatic rings. The molecule has 0 fully saturated rings. The molecular weight excluding hydrogens is 121 g/mol. The lowest BCUT2D eigenvalue weighted by molar-refractivity contribution is 0.468. The van der Waals surface area contributed by atoms with Crippen molar-refractivity contribution < 1.29 is 0 Å². The highest BCUT2D eigenvalue weighted by Crippen LogP contribution is 2.10. The molecule has 0 rings (SSSR count). The Morgan fingerprint density at radius 1 is 1.30 bits per heavy atom. The lowest BCUT2D eigenvalue weighted by atomic mass is 9.51. The molecule has 0 aliphatic carbocycles. The van der Waals surface area contributed by atoms with Crippen LogP contribution in [-0.4, -0.2) is 12.8 Å². The molecule has 0 bridgehead atoms. The van der Waals surface area contributed by atoms with Crippen molar-refractivity contribution in [3.05, 3.63) is 0 Å². The van der Waals surface area contributed by atoms with Gasteiger partial charge in [0.15, 0.2) is 0 Å². The van der Waals surface area contributed by atoms with E-state index in [0.29, 0.717) is 12.0 Å². The largest absolute Gasteiger partial charge is 0.328 e. The highest BCUT2D eigenvalue weighted by Gasteiger charge is 2.08. The van der Waals surface area contributed by atoms with Crippen LogP contribution < -0.4 is 5.73 Å². The van der Waals surface area contributed by atoms with Gasteiger partial charge in [-0.25, -0.2) is 0 Å². The monoisotopic (exact) mass is 141 g/mol. The van der Waals surface area contributed by atoms with Crippen LogP contribution in [0.15, 0.2) is 0 Å². The zero-order chi connectivity index (χ0) is 8.15. The fourth-order valence-electron chi connectivity index (χ4n) is 0.859. The van der Waals surface area contributed by atoms with Crippen molar-refractivity contribution in [2.45, 2.75) is 46.3 Å². The molecule has 2 heteroatoms. The molecule has 60 valence electrons. The molecule has 0 aromatic carbocycles. The van der Waals surface area contributed by atoms with Crippen molar-refractivity contribution in [1.29, 1.82) is 0 Å². The van der Waals surface area contributed by atoms with E-state index >= 15 is 0 Å². The molecule has 0 aliphatic rings. The first-order valence-electron chi connectivity index (χ1n) is 4.29. The highest BCUT2D eigenvalue weighted by molar-refractivity contribution is 6.55. The van der Waals surface area contributed by atoms with Gasteiger partial charge >= 0.3 is 0 Å². The second kappa shape index (κ2) is 4.78. The minimum atomic E-state index is 0.360. The summed E-state index contributed by atoms with van der Waals surface area (Å²) in [5.41, 5.74) is 5.72. The summed E-state index contributed by atoms with van der Waals surface area (Å²) in [6.07, 6.45) is 2.58. The van der Waals surface area contributed by atoms with Crippen molar-refractivity contribution in [3.63, 3.8) is 0 Å². The Morgan fingerprint density at radius 2 is 1.80 bits per heavy atom. The molecule has 0 saturated carbocycles. The van der Waals surface area contributed by atoms with Gasteiger partial charge in [-0.05, 0) is 12.8 Å². The first-order chi connectivity index (χ1) is 4.54. The predicted molar refractivity (Wildman–Crippen MR) is 49.7 cm³/mol. The number of nitrogens with two attached hydrogens (primary N) is 1. The Labute approximate surface area is 65.5 Å². The average molecular weight is 141 g/mol. The van der Waals surface area contributed by atoms with E-state index in [4.69, 9.17) is 5.73 Å². The molecule has 0 spiro atoms. The molecular formula is C8H20BN. The molecule has 0 radical (unpaired) electrons. The van der Waals surface area contributed by atoms with Gasteiger partial charge in [-0.1, -0.05) is 33.3 Å². The zero-order valence-corrected chi connectivity index (χ0v) is 7.72. The van der Waals surface area contributed by atoms with Gasteiger partial charge in [-0.2, -0.15) is 0 Å². The minimum Gasteiger partial charge on any atom is -0.328 e. The van der Waals surface area contributed by atoms with Gasteiger partial charge in [0.1, 0.15) is 6.71 Å². The molecule has 0 aromatic heterocycles. The van der Waals surface area contributed by atoms with Crippen LogP contribution in [0.3, 0.4) is 0 Å². The van der Waals surface area contributed by atoms with Crippen molar-refractivity contribution in [2.24, 2.45) is 11.7 Å². The Balaban J connectivity index is 3.30. The lowest BCUT2D eigenvalue weighted by Crippen LogP contribution is -2.24. The predicted octanol–water partition coefficient (Wildman–Crippen LogP) is 2.11. The van der Waals surface area contributed by atoms with Crippen LogP contribution in [0.2, 0.25) is 20.0 Å². The third kappa shape index (κ3) is 4.86. The van der Waals surface area contributed by atoms with Crippen molar-refractivity contribution in [3.8, 4) is 0 Å². The quantitative estimate of drug-likeness (QED) is 0.596. The third-order valence-electron chi connectivity index (χ3n) is 2.10. The van der Waals surface area contributed by atoms with Crippen molar-refractivity contribution in [1.82, 2.24) is 0 Å². The van der Waals surface area contributed by atoms with E-state index in [1.807, 2.05) is 0 Å². The summed E-state index contributed by atoms with van der Waals surface area (Å²) in [6, 6.07) is 0.360. The normalized spacial score (nSPS) is 16.5. The first kappa shape index (κ1) is 10.0. The lowest BCUT2D eigenvalue weighted by Gasteiger charge is -2.15. The molecule has 0 heterocycles. The molecule has 2 unspecified atom stereocenters. The summed E-state index contributed by atoms with van der Waals surface area (Å²) in [5, 5.41) is 0. The van der Waals surface area contributed by atoms with Gasteiger partial charge in [-0.3, -0.25) is 0 Å². The van der Waals surface area contributed by atoms with Crippen LogP contribution in [0.25, 0.3) is 0 Å².